The number of halogens is 2. The van der Waals surface area contributed by atoms with Crippen molar-refractivity contribution in [2.75, 3.05) is 0 Å². The molecule has 1 aromatic rings. The van der Waals surface area contributed by atoms with E-state index in [0.717, 1.165) is 21.3 Å². The summed E-state index contributed by atoms with van der Waals surface area (Å²) in [6.45, 7) is 5.94. The van der Waals surface area contributed by atoms with Crippen LogP contribution in [-0.4, -0.2) is 15.5 Å². The van der Waals surface area contributed by atoms with Gasteiger partial charge in [0, 0.05) is 10.0 Å². The minimum Gasteiger partial charge on any atom is -0.486 e. The molecule has 2 rings (SSSR count). The summed E-state index contributed by atoms with van der Waals surface area (Å²) in [5, 5.41) is 10.2. The van der Waals surface area contributed by atoms with Crippen LogP contribution in [0.25, 0.3) is 0 Å². The topological polar surface area (TPSA) is 29.5 Å². The summed E-state index contributed by atoms with van der Waals surface area (Å²) in [6, 6.07) is 3.89. The number of hydrogen-bond donors (Lipinski definition) is 1. The van der Waals surface area contributed by atoms with Gasteiger partial charge < -0.3 is 9.84 Å². The third-order valence-electron chi connectivity index (χ3n) is 2.92. The molecule has 4 heteroatoms. The average molecular weight is 350 g/mol. The van der Waals surface area contributed by atoms with Gasteiger partial charge in [0.15, 0.2) is 0 Å². The summed E-state index contributed by atoms with van der Waals surface area (Å²) in [5.74, 6) is 0.772. The van der Waals surface area contributed by atoms with E-state index in [0.29, 0.717) is 0 Å². The molecular formula is C12H14Br2O2. The Morgan fingerprint density at radius 3 is 2.62 bits per heavy atom. The molecule has 2 nitrogen and oxygen atoms in total. The van der Waals surface area contributed by atoms with Gasteiger partial charge in [-0.3, -0.25) is 0 Å². The normalized spacial score (nSPS) is 27.1. The molecule has 0 aliphatic carbocycles. The van der Waals surface area contributed by atoms with E-state index in [-0.39, 0.29) is 4.83 Å². The predicted octanol–water partition coefficient (Wildman–Crippen LogP) is 3.73. The quantitative estimate of drug-likeness (QED) is 0.723. The van der Waals surface area contributed by atoms with E-state index in [9.17, 15) is 5.11 Å². The molecule has 0 radical (unpaired) electrons. The van der Waals surface area contributed by atoms with Crippen molar-refractivity contribution in [3.8, 4) is 5.75 Å². The van der Waals surface area contributed by atoms with Crippen molar-refractivity contribution >= 4 is 31.9 Å². The Kier molecular flexibility index (Phi) is 3.10. The molecule has 1 heterocycles. The Balaban J connectivity index is 2.55. The van der Waals surface area contributed by atoms with Crippen LogP contribution in [0.3, 0.4) is 0 Å². The summed E-state index contributed by atoms with van der Waals surface area (Å²) >= 11 is 6.97. The molecule has 0 spiro atoms. The fourth-order valence-electron chi connectivity index (χ4n) is 1.87. The monoisotopic (exact) mass is 348 g/mol. The number of aliphatic hydroxyl groups excluding tert-OH is 1. The van der Waals surface area contributed by atoms with Crippen molar-refractivity contribution in [1.82, 2.24) is 0 Å². The Morgan fingerprint density at radius 1 is 1.38 bits per heavy atom. The van der Waals surface area contributed by atoms with Crippen LogP contribution in [0, 0.1) is 6.92 Å². The first kappa shape index (κ1) is 12.4. The second-order valence-electron chi connectivity index (χ2n) is 4.69. The lowest BCUT2D eigenvalue weighted by atomic mass is 9.91. The SMILES string of the molecule is Cc1cc2c(cc1Br)C(O)C(Br)C(C)(C)O2. The first-order valence-corrected chi connectivity index (χ1v) is 6.85. The van der Waals surface area contributed by atoms with Crippen molar-refractivity contribution in [3.05, 3.63) is 27.7 Å². The fraction of sp³-hybridized carbons (Fsp3) is 0.500. The molecular weight excluding hydrogens is 336 g/mol. The van der Waals surface area contributed by atoms with E-state index in [1.165, 1.54) is 0 Å². The van der Waals surface area contributed by atoms with E-state index in [4.69, 9.17) is 4.74 Å². The number of hydrogen-bond acceptors (Lipinski definition) is 2. The van der Waals surface area contributed by atoms with Crippen LogP contribution in [0.2, 0.25) is 0 Å². The molecule has 0 amide bonds. The maximum atomic E-state index is 10.2. The highest BCUT2D eigenvalue weighted by Crippen LogP contribution is 2.44. The van der Waals surface area contributed by atoms with E-state index in [1.807, 2.05) is 32.9 Å². The van der Waals surface area contributed by atoms with E-state index < -0.39 is 11.7 Å². The summed E-state index contributed by atoms with van der Waals surface area (Å²) in [5.41, 5.74) is 1.53. The number of rotatable bonds is 0. The summed E-state index contributed by atoms with van der Waals surface area (Å²) in [4.78, 5) is -0.109. The number of fused-ring (bicyclic) bond motifs is 1. The van der Waals surface area contributed by atoms with Gasteiger partial charge in [-0.1, -0.05) is 31.9 Å². The van der Waals surface area contributed by atoms with Crippen LogP contribution in [-0.2, 0) is 0 Å². The summed E-state index contributed by atoms with van der Waals surface area (Å²) in [7, 11) is 0. The van der Waals surface area contributed by atoms with Crippen LogP contribution in [0.5, 0.6) is 5.75 Å². The Hall–Kier alpha value is -0.0600. The third kappa shape index (κ3) is 1.91. The largest absolute Gasteiger partial charge is 0.486 e. The van der Waals surface area contributed by atoms with Gasteiger partial charge in [0.1, 0.15) is 11.4 Å². The minimum absolute atomic E-state index is 0.109. The van der Waals surface area contributed by atoms with Crippen LogP contribution in [0.1, 0.15) is 31.1 Å². The molecule has 88 valence electrons. The zero-order chi connectivity index (χ0) is 12.1. The van der Waals surface area contributed by atoms with Crippen molar-refractivity contribution < 1.29 is 9.84 Å². The van der Waals surface area contributed by atoms with E-state index in [1.54, 1.807) is 0 Å². The lowest BCUT2D eigenvalue weighted by Gasteiger charge is -2.40. The molecule has 0 saturated carbocycles. The van der Waals surface area contributed by atoms with Gasteiger partial charge >= 0.3 is 0 Å². The molecule has 0 fully saturated rings. The highest BCUT2D eigenvalue weighted by molar-refractivity contribution is 9.10. The van der Waals surface area contributed by atoms with E-state index >= 15 is 0 Å². The van der Waals surface area contributed by atoms with Crippen LogP contribution in [0.4, 0.5) is 0 Å². The van der Waals surface area contributed by atoms with Crippen LogP contribution >= 0.6 is 31.9 Å². The lowest BCUT2D eigenvalue weighted by Crippen LogP contribution is -2.45. The van der Waals surface area contributed by atoms with Gasteiger partial charge in [0.05, 0.1) is 10.9 Å². The predicted molar refractivity (Wildman–Crippen MR) is 71.3 cm³/mol. The second-order valence-corrected chi connectivity index (χ2v) is 6.53. The molecule has 0 saturated heterocycles. The lowest BCUT2D eigenvalue weighted by molar-refractivity contribution is 0.0224. The Bertz CT molecular complexity index is 429. The maximum absolute atomic E-state index is 10.2. The molecule has 16 heavy (non-hydrogen) atoms. The first-order chi connectivity index (χ1) is 7.33. The summed E-state index contributed by atoms with van der Waals surface area (Å²) in [6.07, 6.45) is -0.546. The van der Waals surface area contributed by atoms with Gasteiger partial charge in [0.2, 0.25) is 0 Å². The van der Waals surface area contributed by atoms with Gasteiger partial charge in [-0.25, -0.2) is 0 Å². The Labute approximate surface area is 112 Å². The molecule has 0 aromatic heterocycles. The molecule has 1 N–H and O–H groups in total. The van der Waals surface area contributed by atoms with Gasteiger partial charge in [-0.05, 0) is 38.5 Å². The van der Waals surface area contributed by atoms with Crippen LogP contribution < -0.4 is 4.74 Å². The van der Waals surface area contributed by atoms with Gasteiger partial charge in [0.25, 0.3) is 0 Å². The maximum Gasteiger partial charge on any atom is 0.126 e. The molecule has 0 bridgehead atoms. The fourth-order valence-corrected chi connectivity index (χ4v) is 2.61. The average Bonchev–Trinajstić information content (AvgIpc) is 2.18. The molecule has 1 aliphatic rings. The van der Waals surface area contributed by atoms with Crippen molar-refractivity contribution in [2.24, 2.45) is 0 Å². The smallest absolute Gasteiger partial charge is 0.126 e. The zero-order valence-corrected chi connectivity index (χ0v) is 12.6. The standard InChI is InChI=1S/C12H14Br2O2/c1-6-4-9-7(5-8(6)13)10(15)11(14)12(2,3)16-9/h4-5,10-11,15H,1-3H3. The first-order valence-electron chi connectivity index (χ1n) is 5.14. The van der Waals surface area contributed by atoms with Gasteiger partial charge in [-0.2, -0.15) is 0 Å². The second kappa shape index (κ2) is 4.00. The zero-order valence-electron chi connectivity index (χ0n) is 9.42. The van der Waals surface area contributed by atoms with Crippen molar-refractivity contribution in [2.45, 2.75) is 37.3 Å². The van der Waals surface area contributed by atoms with Gasteiger partial charge in [-0.15, -0.1) is 0 Å². The Morgan fingerprint density at radius 2 is 2.00 bits per heavy atom. The van der Waals surface area contributed by atoms with Crippen LogP contribution in [0.15, 0.2) is 16.6 Å². The highest BCUT2D eigenvalue weighted by atomic mass is 79.9. The van der Waals surface area contributed by atoms with E-state index in [2.05, 4.69) is 31.9 Å². The highest BCUT2D eigenvalue weighted by Gasteiger charge is 2.41. The number of aryl methyl sites for hydroxylation is 1. The number of aliphatic hydroxyl groups is 1. The van der Waals surface area contributed by atoms with Crippen molar-refractivity contribution in [3.63, 3.8) is 0 Å². The number of alkyl halides is 1. The minimum atomic E-state index is -0.546. The number of benzene rings is 1. The molecule has 2 unspecified atom stereocenters. The number of ether oxygens (including phenoxy) is 1. The molecule has 1 aromatic carbocycles. The third-order valence-corrected chi connectivity index (χ3v) is 5.38. The molecule has 2 atom stereocenters. The van der Waals surface area contributed by atoms with Crippen molar-refractivity contribution in [1.29, 1.82) is 0 Å². The molecule has 1 aliphatic heterocycles. The summed E-state index contributed by atoms with van der Waals surface area (Å²) < 4.78 is 6.90.